The second kappa shape index (κ2) is 9.62. The average molecular weight is 474 g/mol. The van der Waals surface area contributed by atoms with Gasteiger partial charge in [0.1, 0.15) is 0 Å². The van der Waals surface area contributed by atoms with E-state index in [9.17, 15) is 61.9 Å². The lowest BCUT2D eigenvalue weighted by Gasteiger charge is -2.35. The Labute approximate surface area is 161 Å². The molecule has 0 saturated heterocycles. The van der Waals surface area contributed by atoms with Crippen LogP contribution in [0.5, 0.6) is 0 Å². The SMILES string of the molecule is C=CC(=O)OCCCC(CC(CC(F)(C(F)(F)F)C(F)(F)F)C(F)(F)F)C(F)(F)F. The Kier molecular flexibility index (Phi) is 9.08. The first-order valence-corrected chi connectivity index (χ1v) is 7.91. The summed E-state index contributed by atoms with van der Waals surface area (Å²) in [5.74, 6) is -8.02. The highest BCUT2D eigenvalue weighted by Crippen LogP contribution is 2.53. The fourth-order valence-corrected chi connectivity index (χ4v) is 2.38. The molecule has 0 heterocycles. The number of hydrogen-bond acceptors (Lipinski definition) is 2. The molecule has 0 saturated carbocycles. The monoisotopic (exact) mass is 474 g/mol. The van der Waals surface area contributed by atoms with Gasteiger partial charge in [-0.1, -0.05) is 6.58 Å². The van der Waals surface area contributed by atoms with E-state index >= 15 is 0 Å². The molecule has 2 atom stereocenters. The van der Waals surface area contributed by atoms with E-state index in [1.54, 1.807) is 0 Å². The maximum Gasteiger partial charge on any atom is 0.431 e. The normalized spacial score (nSPS) is 16.2. The Morgan fingerprint density at radius 1 is 0.800 bits per heavy atom. The summed E-state index contributed by atoms with van der Waals surface area (Å²) in [6.07, 6.45) is -32.1. The highest BCUT2D eigenvalue weighted by atomic mass is 19.4. The molecular formula is C15H15F13O2. The largest absolute Gasteiger partial charge is 0.463 e. The van der Waals surface area contributed by atoms with Gasteiger partial charge in [-0.25, -0.2) is 9.18 Å². The molecule has 30 heavy (non-hydrogen) atoms. The van der Waals surface area contributed by atoms with Crippen LogP contribution in [0.25, 0.3) is 0 Å². The van der Waals surface area contributed by atoms with Crippen molar-refractivity contribution in [2.24, 2.45) is 11.8 Å². The predicted molar refractivity (Wildman–Crippen MR) is 74.7 cm³/mol. The number of carbonyl (C=O) groups is 1. The molecule has 0 aliphatic heterocycles. The first-order chi connectivity index (χ1) is 13.2. The molecule has 0 aromatic rings. The Morgan fingerprint density at radius 3 is 1.57 bits per heavy atom. The first-order valence-electron chi connectivity index (χ1n) is 7.91. The molecule has 0 aliphatic rings. The standard InChI is InChI=1S/C15H15F13O2/c1-2-10(29)30-5-3-4-8(12(17,18)19)6-9(13(20,21)22)7-11(16,14(23,24)25)15(26,27)28/h2,8-9H,1,3-7H2. The van der Waals surface area contributed by atoms with Crippen LogP contribution < -0.4 is 0 Å². The van der Waals surface area contributed by atoms with Gasteiger partial charge in [-0.05, 0) is 19.3 Å². The number of carbonyl (C=O) groups excluding carboxylic acids is 1. The van der Waals surface area contributed by atoms with E-state index in [2.05, 4.69) is 11.3 Å². The number of ether oxygens (including phenoxy) is 1. The van der Waals surface area contributed by atoms with Crippen molar-refractivity contribution in [3.8, 4) is 0 Å². The third kappa shape index (κ3) is 7.85. The van der Waals surface area contributed by atoms with Crippen LogP contribution in [0.15, 0.2) is 12.7 Å². The van der Waals surface area contributed by atoms with Crippen LogP contribution in [0.1, 0.15) is 25.7 Å². The van der Waals surface area contributed by atoms with Gasteiger partial charge in [0.25, 0.3) is 5.67 Å². The summed E-state index contributed by atoms with van der Waals surface area (Å²) in [6, 6.07) is 0. The zero-order valence-electron chi connectivity index (χ0n) is 14.7. The number of alkyl halides is 13. The molecular weight excluding hydrogens is 459 g/mol. The van der Waals surface area contributed by atoms with E-state index in [1.165, 1.54) is 0 Å². The van der Waals surface area contributed by atoms with Gasteiger partial charge in [0.15, 0.2) is 0 Å². The van der Waals surface area contributed by atoms with Crippen LogP contribution in [-0.4, -0.2) is 43.0 Å². The average Bonchev–Trinajstić information content (AvgIpc) is 2.51. The van der Waals surface area contributed by atoms with E-state index in [0.29, 0.717) is 6.08 Å². The zero-order chi connectivity index (χ0) is 24.2. The second-order valence-corrected chi connectivity index (χ2v) is 6.23. The predicted octanol–water partition coefficient (Wildman–Crippen LogP) is 6.47. The molecule has 2 nitrogen and oxygen atoms in total. The summed E-state index contributed by atoms with van der Waals surface area (Å²) >= 11 is 0. The smallest absolute Gasteiger partial charge is 0.431 e. The first kappa shape index (κ1) is 28.3. The summed E-state index contributed by atoms with van der Waals surface area (Å²) in [7, 11) is 0. The summed E-state index contributed by atoms with van der Waals surface area (Å²) in [5.41, 5.74) is -6.37. The highest BCUT2D eigenvalue weighted by molar-refractivity contribution is 5.81. The van der Waals surface area contributed by atoms with Crippen LogP contribution in [0.2, 0.25) is 0 Å². The van der Waals surface area contributed by atoms with Crippen molar-refractivity contribution in [2.75, 3.05) is 6.61 Å². The third-order valence-corrected chi connectivity index (χ3v) is 4.03. The maximum atomic E-state index is 13.7. The molecule has 0 spiro atoms. The fourth-order valence-electron chi connectivity index (χ4n) is 2.38. The Balaban J connectivity index is 5.68. The van der Waals surface area contributed by atoms with Gasteiger partial charge in [-0.2, -0.15) is 52.7 Å². The molecule has 0 amide bonds. The van der Waals surface area contributed by atoms with Crippen molar-refractivity contribution in [1.29, 1.82) is 0 Å². The van der Waals surface area contributed by atoms with Crippen LogP contribution >= 0.6 is 0 Å². The summed E-state index contributed by atoms with van der Waals surface area (Å²) in [6.45, 7) is 2.23. The highest BCUT2D eigenvalue weighted by Gasteiger charge is 2.74. The van der Waals surface area contributed by atoms with E-state index < -0.39 is 80.5 Å². The zero-order valence-corrected chi connectivity index (χ0v) is 14.7. The van der Waals surface area contributed by atoms with Gasteiger partial charge >= 0.3 is 30.7 Å². The molecule has 0 fully saturated rings. The minimum Gasteiger partial charge on any atom is -0.463 e. The summed E-state index contributed by atoms with van der Waals surface area (Å²) in [4.78, 5) is 10.7. The van der Waals surface area contributed by atoms with Crippen LogP contribution in [0.3, 0.4) is 0 Å². The van der Waals surface area contributed by atoms with Gasteiger partial charge in [0.05, 0.1) is 18.4 Å². The van der Waals surface area contributed by atoms with E-state index in [-0.39, 0.29) is 0 Å². The third-order valence-electron chi connectivity index (χ3n) is 4.03. The lowest BCUT2D eigenvalue weighted by Crippen LogP contribution is -2.55. The molecule has 0 bridgehead atoms. The molecule has 0 aliphatic carbocycles. The lowest BCUT2D eigenvalue weighted by atomic mass is 9.82. The van der Waals surface area contributed by atoms with Gasteiger partial charge in [-0.3, -0.25) is 0 Å². The Hall–Kier alpha value is -1.70. The number of esters is 1. The van der Waals surface area contributed by atoms with E-state index in [1.807, 2.05) is 0 Å². The maximum absolute atomic E-state index is 13.7. The van der Waals surface area contributed by atoms with Crippen molar-refractivity contribution >= 4 is 5.97 Å². The topological polar surface area (TPSA) is 26.3 Å². The molecule has 15 heteroatoms. The van der Waals surface area contributed by atoms with Crippen LogP contribution in [0, 0.1) is 11.8 Å². The van der Waals surface area contributed by atoms with Crippen molar-refractivity contribution in [3.05, 3.63) is 12.7 Å². The Bertz CT molecular complexity index is 557. The minimum absolute atomic E-state index is 0.621. The number of halogens is 13. The van der Waals surface area contributed by atoms with Gasteiger partial charge in [-0.15, -0.1) is 0 Å². The van der Waals surface area contributed by atoms with Crippen LogP contribution in [-0.2, 0) is 9.53 Å². The molecule has 0 radical (unpaired) electrons. The molecule has 2 unspecified atom stereocenters. The quantitative estimate of drug-likeness (QED) is 0.166. The lowest BCUT2D eigenvalue weighted by molar-refractivity contribution is -0.353. The van der Waals surface area contributed by atoms with Crippen LogP contribution in [0.4, 0.5) is 57.1 Å². The summed E-state index contributed by atoms with van der Waals surface area (Å²) in [5, 5.41) is 0. The van der Waals surface area contributed by atoms with Crippen molar-refractivity contribution in [2.45, 2.75) is 56.1 Å². The Morgan fingerprint density at radius 2 is 1.23 bits per heavy atom. The molecule has 0 aromatic heterocycles. The molecule has 0 rings (SSSR count). The fraction of sp³-hybridized carbons (Fsp3) is 0.800. The number of hydrogen-bond donors (Lipinski definition) is 0. The number of rotatable bonds is 9. The van der Waals surface area contributed by atoms with Crippen molar-refractivity contribution < 1.29 is 66.6 Å². The molecule has 0 N–H and O–H groups in total. The molecule has 0 aromatic carbocycles. The van der Waals surface area contributed by atoms with E-state index in [0.717, 1.165) is 0 Å². The van der Waals surface area contributed by atoms with Gasteiger partial charge in [0.2, 0.25) is 0 Å². The summed E-state index contributed by atoms with van der Waals surface area (Å²) < 4.78 is 171. The van der Waals surface area contributed by atoms with E-state index in [4.69, 9.17) is 0 Å². The van der Waals surface area contributed by atoms with Gasteiger partial charge < -0.3 is 4.74 Å². The molecule has 178 valence electrons. The van der Waals surface area contributed by atoms with Crippen molar-refractivity contribution in [3.63, 3.8) is 0 Å². The van der Waals surface area contributed by atoms with Crippen molar-refractivity contribution in [1.82, 2.24) is 0 Å². The second-order valence-electron chi connectivity index (χ2n) is 6.23. The minimum atomic E-state index is -6.85. The van der Waals surface area contributed by atoms with Gasteiger partial charge in [0, 0.05) is 12.5 Å².